The van der Waals surface area contributed by atoms with E-state index >= 15 is 0 Å². The molecule has 1 unspecified atom stereocenters. The summed E-state index contributed by atoms with van der Waals surface area (Å²) in [4.78, 5) is 11.3. The number of carboxylic acid groups (broad SMARTS) is 1. The van der Waals surface area contributed by atoms with Crippen LogP contribution >= 0.6 is 0 Å². The predicted octanol–water partition coefficient (Wildman–Crippen LogP) is 4.64. The van der Waals surface area contributed by atoms with E-state index in [4.69, 9.17) is 9.84 Å². The fourth-order valence-corrected chi connectivity index (χ4v) is 5.84. The number of halogens is 3. The van der Waals surface area contributed by atoms with Crippen LogP contribution in [0.1, 0.15) is 46.7 Å². The third kappa shape index (κ3) is 7.18. The second-order valence-electron chi connectivity index (χ2n) is 8.70. The van der Waals surface area contributed by atoms with Gasteiger partial charge in [-0.15, -0.1) is 0 Å². The summed E-state index contributed by atoms with van der Waals surface area (Å²) in [6.07, 6.45) is -5.66. The molecule has 2 N–H and O–H groups in total. The van der Waals surface area contributed by atoms with Crippen LogP contribution in [0.3, 0.4) is 0 Å². The average molecular weight is 515 g/mol. The maximum absolute atomic E-state index is 13.5. The molecule has 0 bridgehead atoms. The van der Waals surface area contributed by atoms with E-state index in [0.717, 1.165) is 28.8 Å². The van der Waals surface area contributed by atoms with E-state index in [1.54, 1.807) is 0 Å². The van der Waals surface area contributed by atoms with Gasteiger partial charge >= 0.3 is 12.3 Å². The number of nitrogens with zero attached hydrogens (tertiary/aromatic N) is 1. The van der Waals surface area contributed by atoms with Crippen LogP contribution in [0.15, 0.2) is 42.5 Å². The highest BCUT2D eigenvalue weighted by Gasteiger charge is 2.38. The van der Waals surface area contributed by atoms with Gasteiger partial charge in [0.05, 0.1) is 30.1 Å². The summed E-state index contributed by atoms with van der Waals surface area (Å²) in [5.74, 6) is -0.819. The number of hydrogen-bond donors (Lipinski definition) is 2. The Labute approximate surface area is 202 Å². The Morgan fingerprint density at radius 1 is 1.17 bits per heavy atom. The standard InChI is InChI=1S/C24H29F3N2O5S/c1-16-7-8-17(2)18(13-16)14-34-19-9-11-29(12-10-19)35(32,33)15-22(28-23(30)31)20-5-3-4-6-21(20)24(25,26)27/h3-8,13,19,22,28H,9-12,14-15H2,1-2H3,(H,30,31). The molecule has 1 amide bonds. The van der Waals surface area contributed by atoms with Crippen molar-refractivity contribution in [3.63, 3.8) is 0 Å². The smallest absolute Gasteiger partial charge is 0.416 e. The van der Waals surface area contributed by atoms with E-state index in [0.29, 0.717) is 19.4 Å². The summed E-state index contributed by atoms with van der Waals surface area (Å²) in [7, 11) is -4.06. The highest BCUT2D eigenvalue weighted by Crippen LogP contribution is 2.35. The van der Waals surface area contributed by atoms with Gasteiger partial charge in [0.15, 0.2) is 0 Å². The van der Waals surface area contributed by atoms with Gasteiger partial charge in [-0.3, -0.25) is 0 Å². The molecular formula is C24H29F3N2O5S. The van der Waals surface area contributed by atoms with Crippen molar-refractivity contribution in [2.24, 2.45) is 0 Å². The first-order valence-electron chi connectivity index (χ1n) is 11.2. The van der Waals surface area contributed by atoms with Crippen molar-refractivity contribution in [1.29, 1.82) is 0 Å². The van der Waals surface area contributed by atoms with Crippen molar-refractivity contribution in [1.82, 2.24) is 9.62 Å². The molecule has 3 rings (SSSR count). The van der Waals surface area contributed by atoms with Crippen LogP contribution in [0, 0.1) is 13.8 Å². The zero-order valence-electron chi connectivity index (χ0n) is 19.5. The zero-order chi connectivity index (χ0) is 25.8. The minimum Gasteiger partial charge on any atom is -0.465 e. The SMILES string of the molecule is Cc1ccc(C)c(COC2CCN(S(=O)(=O)CC(NC(=O)O)c3ccccc3C(F)(F)F)CC2)c1. The number of nitrogens with one attached hydrogen (secondary N) is 1. The molecule has 1 atom stereocenters. The van der Waals surface area contributed by atoms with E-state index in [1.807, 2.05) is 37.4 Å². The number of rotatable bonds is 8. The van der Waals surface area contributed by atoms with Gasteiger partial charge in [0.2, 0.25) is 10.0 Å². The zero-order valence-corrected chi connectivity index (χ0v) is 20.3. The van der Waals surface area contributed by atoms with Crippen molar-refractivity contribution in [2.75, 3.05) is 18.8 Å². The van der Waals surface area contributed by atoms with E-state index in [1.165, 1.54) is 16.4 Å². The van der Waals surface area contributed by atoms with Crippen molar-refractivity contribution < 1.29 is 36.2 Å². The molecule has 1 saturated heterocycles. The van der Waals surface area contributed by atoms with Gasteiger partial charge in [-0.2, -0.15) is 13.2 Å². The number of amides is 1. The molecule has 192 valence electrons. The molecule has 0 spiro atoms. The first kappa shape index (κ1) is 27.0. The third-order valence-corrected chi connectivity index (χ3v) is 8.00. The molecule has 0 saturated carbocycles. The number of aryl methyl sites for hydroxylation is 2. The summed E-state index contributed by atoms with van der Waals surface area (Å²) in [6, 6.07) is 8.87. The monoisotopic (exact) mass is 514 g/mol. The van der Waals surface area contributed by atoms with Crippen molar-refractivity contribution >= 4 is 16.1 Å². The molecule has 2 aromatic rings. The fourth-order valence-electron chi connectivity index (χ4n) is 4.17. The van der Waals surface area contributed by atoms with E-state index in [-0.39, 0.29) is 19.2 Å². The van der Waals surface area contributed by atoms with Gasteiger partial charge < -0.3 is 15.2 Å². The number of benzene rings is 2. The summed E-state index contributed by atoms with van der Waals surface area (Å²) in [5, 5.41) is 11.1. The lowest BCUT2D eigenvalue weighted by Crippen LogP contribution is -2.44. The van der Waals surface area contributed by atoms with Gasteiger partial charge in [0.25, 0.3) is 0 Å². The molecule has 1 heterocycles. The largest absolute Gasteiger partial charge is 0.465 e. The summed E-state index contributed by atoms with van der Waals surface area (Å²) in [6.45, 7) is 4.67. The number of carbonyl (C=O) groups is 1. The van der Waals surface area contributed by atoms with Crippen molar-refractivity contribution in [3.05, 3.63) is 70.3 Å². The minimum atomic E-state index is -4.76. The topological polar surface area (TPSA) is 95.9 Å². The van der Waals surface area contributed by atoms with Crippen LogP contribution < -0.4 is 5.32 Å². The molecule has 11 heteroatoms. The number of hydrogen-bond acceptors (Lipinski definition) is 4. The van der Waals surface area contributed by atoms with Crippen LogP contribution in [-0.2, 0) is 27.5 Å². The van der Waals surface area contributed by atoms with Crippen LogP contribution in [0.25, 0.3) is 0 Å². The van der Waals surface area contributed by atoms with Gasteiger partial charge in [0.1, 0.15) is 0 Å². The van der Waals surface area contributed by atoms with Crippen LogP contribution in [-0.4, -0.2) is 48.9 Å². The predicted molar refractivity (Wildman–Crippen MR) is 124 cm³/mol. The Hall–Kier alpha value is -2.63. The van der Waals surface area contributed by atoms with Crippen molar-refractivity contribution in [2.45, 2.75) is 51.6 Å². The maximum Gasteiger partial charge on any atom is 0.416 e. The molecule has 0 radical (unpaired) electrons. The number of ether oxygens (including phenoxy) is 1. The Balaban J connectivity index is 1.67. The highest BCUT2D eigenvalue weighted by atomic mass is 32.2. The van der Waals surface area contributed by atoms with Gasteiger partial charge in [-0.1, -0.05) is 42.0 Å². The van der Waals surface area contributed by atoms with Gasteiger partial charge in [0, 0.05) is 13.1 Å². The molecule has 1 aliphatic rings. The Morgan fingerprint density at radius 2 is 1.83 bits per heavy atom. The molecule has 2 aromatic carbocycles. The van der Waals surface area contributed by atoms with Crippen LogP contribution in [0.2, 0.25) is 0 Å². The molecule has 0 aromatic heterocycles. The van der Waals surface area contributed by atoms with E-state index in [2.05, 4.69) is 0 Å². The maximum atomic E-state index is 13.5. The molecule has 1 fully saturated rings. The molecule has 7 nitrogen and oxygen atoms in total. The lowest BCUT2D eigenvalue weighted by molar-refractivity contribution is -0.138. The number of piperidine rings is 1. The second kappa shape index (κ2) is 11.0. The molecule has 35 heavy (non-hydrogen) atoms. The van der Waals surface area contributed by atoms with Gasteiger partial charge in [-0.25, -0.2) is 17.5 Å². The Morgan fingerprint density at radius 3 is 2.46 bits per heavy atom. The van der Waals surface area contributed by atoms with E-state index in [9.17, 15) is 26.4 Å². The van der Waals surface area contributed by atoms with E-state index < -0.39 is 45.2 Å². The number of alkyl halides is 3. The normalized spacial score (nSPS) is 16.7. The Kier molecular flexibility index (Phi) is 8.45. The lowest BCUT2D eigenvalue weighted by Gasteiger charge is -2.32. The van der Waals surface area contributed by atoms with Crippen LogP contribution in [0.4, 0.5) is 18.0 Å². The third-order valence-electron chi connectivity index (χ3n) is 6.09. The van der Waals surface area contributed by atoms with Gasteiger partial charge in [-0.05, 0) is 49.4 Å². The number of sulfonamides is 1. The average Bonchev–Trinajstić information content (AvgIpc) is 2.78. The first-order valence-corrected chi connectivity index (χ1v) is 12.8. The highest BCUT2D eigenvalue weighted by molar-refractivity contribution is 7.89. The lowest BCUT2D eigenvalue weighted by atomic mass is 10.0. The van der Waals surface area contributed by atoms with Crippen LogP contribution in [0.5, 0.6) is 0 Å². The summed E-state index contributed by atoms with van der Waals surface area (Å²) < 4.78 is 73.7. The molecule has 1 aliphatic heterocycles. The van der Waals surface area contributed by atoms with Crippen molar-refractivity contribution in [3.8, 4) is 0 Å². The summed E-state index contributed by atoms with van der Waals surface area (Å²) >= 11 is 0. The fraction of sp³-hybridized carbons (Fsp3) is 0.458. The quantitative estimate of drug-likeness (QED) is 0.535. The second-order valence-corrected chi connectivity index (χ2v) is 10.7. The first-order chi connectivity index (χ1) is 16.4. The molecular weight excluding hydrogens is 485 g/mol. The Bertz CT molecular complexity index is 1150. The minimum absolute atomic E-state index is 0.139. The molecule has 0 aliphatic carbocycles. The summed E-state index contributed by atoms with van der Waals surface area (Å²) in [5.41, 5.74) is 1.77.